The van der Waals surface area contributed by atoms with Gasteiger partial charge in [0.25, 0.3) is 0 Å². The van der Waals surface area contributed by atoms with E-state index in [1.807, 2.05) is 0 Å². The summed E-state index contributed by atoms with van der Waals surface area (Å²) < 4.78 is 18.1. The number of rotatable bonds is 3. The quantitative estimate of drug-likeness (QED) is 0.882. The van der Waals surface area contributed by atoms with Gasteiger partial charge in [-0.3, -0.25) is 4.79 Å². The highest BCUT2D eigenvalue weighted by molar-refractivity contribution is 9.10. The smallest absolute Gasteiger partial charge is 0.325 e. The molecule has 0 fully saturated rings. The first-order valence-corrected chi connectivity index (χ1v) is 4.78. The number of benzene rings is 1. The van der Waals surface area contributed by atoms with Crippen molar-refractivity contribution >= 4 is 21.9 Å². The first kappa shape index (κ1) is 11.9. The van der Waals surface area contributed by atoms with Crippen LogP contribution in [0.1, 0.15) is 11.6 Å². The lowest BCUT2D eigenvalue weighted by atomic mass is 10.1. The van der Waals surface area contributed by atoms with Gasteiger partial charge < -0.3 is 15.6 Å². The van der Waals surface area contributed by atoms with Crippen LogP contribution in [0.4, 0.5) is 4.39 Å². The molecule has 0 aromatic heterocycles. The van der Waals surface area contributed by atoms with E-state index in [0.29, 0.717) is 0 Å². The van der Waals surface area contributed by atoms with Crippen molar-refractivity contribution < 1.29 is 19.0 Å². The minimum Gasteiger partial charge on any atom is -0.496 e. The lowest BCUT2D eigenvalue weighted by Crippen LogP contribution is -2.22. The Morgan fingerprint density at radius 2 is 2.27 bits per heavy atom. The van der Waals surface area contributed by atoms with E-state index in [4.69, 9.17) is 15.6 Å². The fraction of sp³-hybridized carbons (Fsp3) is 0.222. The maximum Gasteiger partial charge on any atom is 0.325 e. The van der Waals surface area contributed by atoms with Gasteiger partial charge in [0, 0.05) is 5.56 Å². The second-order valence-electron chi connectivity index (χ2n) is 2.79. The first-order valence-electron chi connectivity index (χ1n) is 3.99. The number of hydrogen-bond acceptors (Lipinski definition) is 3. The van der Waals surface area contributed by atoms with Gasteiger partial charge in [-0.2, -0.15) is 0 Å². The zero-order chi connectivity index (χ0) is 11.6. The van der Waals surface area contributed by atoms with Gasteiger partial charge in [-0.25, -0.2) is 4.39 Å². The number of methoxy groups -OCH3 is 1. The predicted molar refractivity (Wildman–Crippen MR) is 55.2 cm³/mol. The molecule has 1 aromatic rings. The molecule has 0 spiro atoms. The van der Waals surface area contributed by atoms with Crippen LogP contribution in [-0.4, -0.2) is 18.2 Å². The van der Waals surface area contributed by atoms with Crippen LogP contribution in [0.5, 0.6) is 5.75 Å². The van der Waals surface area contributed by atoms with Crippen LogP contribution in [-0.2, 0) is 4.79 Å². The van der Waals surface area contributed by atoms with Crippen LogP contribution in [0.2, 0.25) is 0 Å². The molecule has 82 valence electrons. The largest absolute Gasteiger partial charge is 0.496 e. The van der Waals surface area contributed by atoms with E-state index in [2.05, 4.69) is 15.9 Å². The molecule has 0 saturated heterocycles. The van der Waals surface area contributed by atoms with E-state index in [9.17, 15) is 9.18 Å². The third-order valence-corrected chi connectivity index (χ3v) is 2.70. The SMILES string of the molecule is COc1ccc(F)c(Br)c1C(N)C(=O)O. The van der Waals surface area contributed by atoms with Crippen molar-refractivity contribution in [3.05, 3.63) is 28.0 Å². The first-order chi connectivity index (χ1) is 6.99. The van der Waals surface area contributed by atoms with Gasteiger partial charge in [0.1, 0.15) is 17.6 Å². The summed E-state index contributed by atoms with van der Waals surface area (Å²) in [5.74, 6) is -1.60. The lowest BCUT2D eigenvalue weighted by Gasteiger charge is -2.14. The van der Waals surface area contributed by atoms with Crippen molar-refractivity contribution in [1.29, 1.82) is 0 Å². The van der Waals surface area contributed by atoms with E-state index in [0.717, 1.165) is 0 Å². The Balaban J connectivity index is 3.35. The average molecular weight is 278 g/mol. The summed E-state index contributed by atoms with van der Waals surface area (Å²) >= 11 is 2.94. The summed E-state index contributed by atoms with van der Waals surface area (Å²) in [5.41, 5.74) is 5.50. The Morgan fingerprint density at radius 1 is 1.67 bits per heavy atom. The molecule has 4 nitrogen and oxygen atoms in total. The number of carbonyl (C=O) groups is 1. The summed E-state index contributed by atoms with van der Waals surface area (Å²) in [5, 5.41) is 8.75. The summed E-state index contributed by atoms with van der Waals surface area (Å²) in [7, 11) is 1.36. The Hall–Kier alpha value is -1.14. The molecule has 0 saturated carbocycles. The van der Waals surface area contributed by atoms with Crippen LogP contribution in [0.3, 0.4) is 0 Å². The molecule has 0 aliphatic rings. The van der Waals surface area contributed by atoms with Gasteiger partial charge in [-0.15, -0.1) is 0 Å². The average Bonchev–Trinajstić information content (AvgIpc) is 2.20. The van der Waals surface area contributed by atoms with Gasteiger partial charge in [-0.1, -0.05) is 0 Å². The molecule has 0 amide bonds. The Bertz CT molecular complexity index is 397. The van der Waals surface area contributed by atoms with Crippen molar-refractivity contribution in [3.63, 3.8) is 0 Å². The van der Waals surface area contributed by atoms with Crippen molar-refractivity contribution in [1.82, 2.24) is 0 Å². The molecule has 3 N–H and O–H groups in total. The minimum absolute atomic E-state index is 0.0109. The van der Waals surface area contributed by atoms with Gasteiger partial charge in [0.2, 0.25) is 0 Å². The number of ether oxygens (including phenoxy) is 1. The third kappa shape index (κ3) is 2.27. The molecule has 1 atom stereocenters. The van der Waals surface area contributed by atoms with Gasteiger partial charge >= 0.3 is 5.97 Å². The number of aliphatic carboxylic acids is 1. The van der Waals surface area contributed by atoms with Crippen molar-refractivity contribution in [2.75, 3.05) is 7.11 Å². The molecular weight excluding hydrogens is 269 g/mol. The van der Waals surface area contributed by atoms with Gasteiger partial charge in [0.05, 0.1) is 11.6 Å². The highest BCUT2D eigenvalue weighted by Gasteiger charge is 2.23. The molecule has 0 aliphatic carbocycles. The zero-order valence-corrected chi connectivity index (χ0v) is 9.42. The molecule has 6 heteroatoms. The summed E-state index contributed by atoms with van der Waals surface area (Å²) in [6.45, 7) is 0. The molecule has 0 radical (unpaired) electrons. The molecular formula is C9H9BrFNO3. The number of halogens is 2. The number of carboxylic acid groups (broad SMARTS) is 1. The van der Waals surface area contributed by atoms with Crippen LogP contribution in [0.25, 0.3) is 0 Å². The van der Waals surface area contributed by atoms with E-state index in [1.54, 1.807) is 0 Å². The van der Waals surface area contributed by atoms with Crippen LogP contribution in [0, 0.1) is 5.82 Å². The maximum atomic E-state index is 13.2. The Kier molecular flexibility index (Phi) is 3.65. The fourth-order valence-electron chi connectivity index (χ4n) is 1.14. The second kappa shape index (κ2) is 4.59. The van der Waals surface area contributed by atoms with E-state index in [1.165, 1.54) is 19.2 Å². The van der Waals surface area contributed by atoms with E-state index < -0.39 is 17.8 Å². The summed E-state index contributed by atoms with van der Waals surface area (Å²) in [6, 6.07) is 1.17. The molecule has 1 aromatic carbocycles. The van der Waals surface area contributed by atoms with E-state index in [-0.39, 0.29) is 15.8 Å². The second-order valence-corrected chi connectivity index (χ2v) is 3.59. The van der Waals surface area contributed by atoms with Crippen LogP contribution >= 0.6 is 15.9 Å². The number of hydrogen-bond donors (Lipinski definition) is 2. The minimum atomic E-state index is -1.33. The van der Waals surface area contributed by atoms with Gasteiger partial charge in [0.15, 0.2) is 0 Å². The molecule has 15 heavy (non-hydrogen) atoms. The van der Waals surface area contributed by atoms with Crippen molar-refractivity contribution in [2.24, 2.45) is 5.73 Å². The Morgan fingerprint density at radius 3 is 2.73 bits per heavy atom. The normalized spacial score (nSPS) is 12.3. The monoisotopic (exact) mass is 277 g/mol. The number of nitrogens with two attached hydrogens (primary N) is 1. The summed E-state index contributed by atoms with van der Waals surface area (Å²) in [4.78, 5) is 10.7. The highest BCUT2D eigenvalue weighted by Crippen LogP contribution is 2.33. The standard InChI is InChI=1S/C9H9BrFNO3/c1-15-5-3-2-4(11)7(10)6(5)8(12)9(13)14/h2-3,8H,12H2,1H3,(H,13,14). The summed E-state index contributed by atoms with van der Waals surface area (Å²) in [6.07, 6.45) is 0. The topological polar surface area (TPSA) is 72.5 Å². The molecule has 0 heterocycles. The van der Waals surface area contributed by atoms with Gasteiger partial charge in [-0.05, 0) is 28.1 Å². The maximum absolute atomic E-state index is 13.2. The highest BCUT2D eigenvalue weighted by atomic mass is 79.9. The number of carboxylic acids is 1. The van der Waals surface area contributed by atoms with Crippen LogP contribution in [0.15, 0.2) is 16.6 Å². The van der Waals surface area contributed by atoms with Crippen molar-refractivity contribution in [2.45, 2.75) is 6.04 Å². The Labute approximate surface area is 94.0 Å². The zero-order valence-electron chi connectivity index (χ0n) is 7.83. The fourth-order valence-corrected chi connectivity index (χ4v) is 1.71. The van der Waals surface area contributed by atoms with Crippen LogP contribution < -0.4 is 10.5 Å². The third-order valence-electron chi connectivity index (χ3n) is 1.89. The molecule has 0 bridgehead atoms. The molecule has 1 unspecified atom stereocenters. The molecule has 0 aliphatic heterocycles. The predicted octanol–water partition coefficient (Wildman–Crippen LogP) is 1.68. The lowest BCUT2D eigenvalue weighted by molar-refractivity contribution is -0.138. The molecule has 1 rings (SSSR count). The van der Waals surface area contributed by atoms with E-state index >= 15 is 0 Å². The van der Waals surface area contributed by atoms with Crippen molar-refractivity contribution in [3.8, 4) is 5.75 Å².